The monoisotopic (exact) mass is 246 g/mol. The van der Waals surface area contributed by atoms with Gasteiger partial charge in [0.05, 0.1) is 0 Å². The van der Waals surface area contributed by atoms with E-state index in [4.69, 9.17) is 0 Å². The second-order valence-electron chi connectivity index (χ2n) is 4.79. The summed E-state index contributed by atoms with van der Waals surface area (Å²) in [5.41, 5.74) is 0.639. The summed E-state index contributed by atoms with van der Waals surface area (Å²) in [6.07, 6.45) is 0.734. The number of hydrogen-bond acceptors (Lipinski definition) is 2. The quantitative estimate of drug-likeness (QED) is 0.854. The van der Waals surface area contributed by atoms with Gasteiger partial charge in [0.2, 0.25) is 5.91 Å². The van der Waals surface area contributed by atoms with E-state index >= 15 is 0 Å². The Kier molecular flexibility index (Phi) is 3.65. The number of carbonyl (C=O) groups is 2. The number of nitrogens with one attached hydrogen (secondary N) is 1. The van der Waals surface area contributed by atoms with Gasteiger partial charge in [-0.05, 0) is 24.5 Å². The van der Waals surface area contributed by atoms with Gasteiger partial charge in [0.25, 0.3) is 5.91 Å². The molecule has 0 saturated carbocycles. The van der Waals surface area contributed by atoms with E-state index in [0.29, 0.717) is 18.0 Å². The van der Waals surface area contributed by atoms with Crippen LogP contribution in [0.1, 0.15) is 23.7 Å². The van der Waals surface area contributed by atoms with Crippen LogP contribution in [0.15, 0.2) is 30.3 Å². The molecule has 2 atom stereocenters. The summed E-state index contributed by atoms with van der Waals surface area (Å²) in [7, 11) is 1.61. The normalized spacial score (nSPS) is 22.9. The zero-order valence-electron chi connectivity index (χ0n) is 10.7. The maximum atomic E-state index is 12.4. The molecule has 0 aliphatic carbocycles. The first-order valence-electron chi connectivity index (χ1n) is 6.21. The van der Waals surface area contributed by atoms with Crippen LogP contribution < -0.4 is 5.32 Å². The van der Waals surface area contributed by atoms with Gasteiger partial charge >= 0.3 is 0 Å². The van der Waals surface area contributed by atoms with E-state index in [1.54, 1.807) is 24.1 Å². The van der Waals surface area contributed by atoms with Gasteiger partial charge in [0.1, 0.15) is 6.04 Å². The molecule has 2 unspecified atom stereocenters. The van der Waals surface area contributed by atoms with E-state index in [9.17, 15) is 9.59 Å². The zero-order valence-corrected chi connectivity index (χ0v) is 10.7. The van der Waals surface area contributed by atoms with E-state index in [-0.39, 0.29) is 17.9 Å². The predicted octanol–water partition coefficient (Wildman–Crippen LogP) is 1.28. The standard InChI is InChI=1S/C14H18N2O2/c1-10-8-12(13(17)15-2)16(9-10)14(18)11-6-4-3-5-7-11/h3-7,10,12H,8-9H2,1-2H3,(H,15,17). The highest BCUT2D eigenvalue weighted by Gasteiger charge is 2.37. The number of nitrogens with zero attached hydrogens (tertiary/aromatic N) is 1. The molecule has 0 spiro atoms. The van der Waals surface area contributed by atoms with Crippen molar-refractivity contribution < 1.29 is 9.59 Å². The second-order valence-corrected chi connectivity index (χ2v) is 4.79. The minimum absolute atomic E-state index is 0.0615. The summed E-state index contributed by atoms with van der Waals surface area (Å²) >= 11 is 0. The molecule has 0 aromatic heterocycles. The Labute approximate surface area is 107 Å². The number of hydrogen-bond donors (Lipinski definition) is 1. The van der Waals surface area contributed by atoms with Crippen molar-refractivity contribution in [3.8, 4) is 0 Å². The van der Waals surface area contributed by atoms with Crippen molar-refractivity contribution >= 4 is 11.8 Å². The number of carbonyl (C=O) groups excluding carboxylic acids is 2. The van der Waals surface area contributed by atoms with E-state index in [1.165, 1.54) is 0 Å². The number of likely N-dealkylation sites (N-methyl/N-ethyl adjacent to an activating group) is 1. The fraction of sp³-hybridized carbons (Fsp3) is 0.429. The predicted molar refractivity (Wildman–Crippen MR) is 69.1 cm³/mol. The molecule has 1 heterocycles. The van der Waals surface area contributed by atoms with E-state index in [2.05, 4.69) is 12.2 Å². The number of rotatable bonds is 2. The highest BCUT2D eigenvalue weighted by atomic mass is 16.2. The molecule has 1 saturated heterocycles. The van der Waals surface area contributed by atoms with Crippen LogP contribution >= 0.6 is 0 Å². The molecular weight excluding hydrogens is 228 g/mol. The molecule has 1 fully saturated rings. The minimum atomic E-state index is -0.335. The van der Waals surface area contributed by atoms with Crippen LogP contribution in [-0.4, -0.2) is 36.3 Å². The van der Waals surface area contributed by atoms with Gasteiger partial charge in [0.15, 0.2) is 0 Å². The third kappa shape index (κ3) is 2.37. The summed E-state index contributed by atoms with van der Waals surface area (Å²) in [5, 5.41) is 2.63. The Morgan fingerprint density at radius 3 is 2.56 bits per heavy atom. The van der Waals surface area contributed by atoms with Crippen molar-refractivity contribution in [2.24, 2.45) is 5.92 Å². The van der Waals surface area contributed by atoms with Crippen LogP contribution in [0.3, 0.4) is 0 Å². The molecule has 1 aromatic rings. The molecule has 18 heavy (non-hydrogen) atoms. The van der Waals surface area contributed by atoms with Crippen LogP contribution in [0.2, 0.25) is 0 Å². The zero-order chi connectivity index (χ0) is 13.1. The van der Waals surface area contributed by atoms with Crippen molar-refractivity contribution in [2.45, 2.75) is 19.4 Å². The molecule has 4 heteroatoms. The van der Waals surface area contributed by atoms with Crippen molar-refractivity contribution in [3.63, 3.8) is 0 Å². The fourth-order valence-corrected chi connectivity index (χ4v) is 2.43. The molecular formula is C14H18N2O2. The average Bonchev–Trinajstić information content (AvgIpc) is 2.80. The minimum Gasteiger partial charge on any atom is -0.357 e. The molecule has 1 aliphatic rings. The van der Waals surface area contributed by atoms with Gasteiger partial charge in [-0.3, -0.25) is 9.59 Å². The molecule has 2 rings (SSSR count). The molecule has 96 valence electrons. The number of amides is 2. The first kappa shape index (κ1) is 12.6. The lowest BCUT2D eigenvalue weighted by Gasteiger charge is -2.23. The van der Waals surface area contributed by atoms with E-state index < -0.39 is 0 Å². The third-order valence-electron chi connectivity index (χ3n) is 3.34. The summed E-state index contributed by atoms with van der Waals surface area (Å²) in [6, 6.07) is 8.78. The van der Waals surface area contributed by atoms with Gasteiger partial charge < -0.3 is 10.2 Å². The van der Waals surface area contributed by atoms with Crippen LogP contribution in [0, 0.1) is 5.92 Å². The molecule has 0 radical (unpaired) electrons. The van der Waals surface area contributed by atoms with Crippen LogP contribution in [0.4, 0.5) is 0 Å². The summed E-state index contributed by atoms with van der Waals surface area (Å²) in [5.74, 6) is 0.220. The van der Waals surface area contributed by atoms with Gasteiger partial charge in [-0.15, -0.1) is 0 Å². The lowest BCUT2D eigenvalue weighted by molar-refractivity contribution is -0.124. The Morgan fingerprint density at radius 2 is 1.94 bits per heavy atom. The first-order valence-corrected chi connectivity index (χ1v) is 6.21. The lowest BCUT2D eigenvalue weighted by atomic mass is 10.1. The molecule has 1 aromatic carbocycles. The Morgan fingerprint density at radius 1 is 1.28 bits per heavy atom. The second kappa shape index (κ2) is 5.21. The van der Waals surface area contributed by atoms with E-state index in [1.807, 2.05) is 18.2 Å². The van der Waals surface area contributed by atoms with Crippen molar-refractivity contribution in [1.29, 1.82) is 0 Å². The molecule has 2 amide bonds. The Balaban J connectivity index is 2.21. The molecule has 1 N–H and O–H groups in total. The maximum absolute atomic E-state index is 12.4. The van der Waals surface area contributed by atoms with Gasteiger partial charge in [-0.1, -0.05) is 25.1 Å². The van der Waals surface area contributed by atoms with Gasteiger partial charge in [0, 0.05) is 19.2 Å². The molecule has 1 aliphatic heterocycles. The topological polar surface area (TPSA) is 49.4 Å². The Hall–Kier alpha value is -1.84. The molecule has 4 nitrogen and oxygen atoms in total. The smallest absolute Gasteiger partial charge is 0.254 e. The number of benzene rings is 1. The number of likely N-dealkylation sites (tertiary alicyclic amines) is 1. The highest BCUT2D eigenvalue weighted by Crippen LogP contribution is 2.24. The van der Waals surface area contributed by atoms with Crippen molar-refractivity contribution in [3.05, 3.63) is 35.9 Å². The fourth-order valence-electron chi connectivity index (χ4n) is 2.43. The lowest BCUT2D eigenvalue weighted by Crippen LogP contribution is -2.44. The van der Waals surface area contributed by atoms with Gasteiger partial charge in [-0.2, -0.15) is 0 Å². The van der Waals surface area contributed by atoms with Gasteiger partial charge in [-0.25, -0.2) is 0 Å². The van der Waals surface area contributed by atoms with Crippen LogP contribution in [0.5, 0.6) is 0 Å². The average molecular weight is 246 g/mol. The maximum Gasteiger partial charge on any atom is 0.254 e. The van der Waals surface area contributed by atoms with E-state index in [0.717, 1.165) is 6.42 Å². The highest BCUT2D eigenvalue weighted by molar-refractivity contribution is 5.97. The van der Waals surface area contributed by atoms with Crippen LogP contribution in [-0.2, 0) is 4.79 Å². The summed E-state index contributed by atoms with van der Waals surface area (Å²) < 4.78 is 0. The van der Waals surface area contributed by atoms with Crippen LogP contribution in [0.25, 0.3) is 0 Å². The SMILES string of the molecule is CNC(=O)C1CC(C)CN1C(=O)c1ccccc1. The largest absolute Gasteiger partial charge is 0.357 e. The molecule has 0 bridgehead atoms. The third-order valence-corrected chi connectivity index (χ3v) is 3.34. The summed E-state index contributed by atoms with van der Waals surface area (Å²) in [6.45, 7) is 2.71. The Bertz CT molecular complexity index is 444. The summed E-state index contributed by atoms with van der Waals surface area (Å²) in [4.78, 5) is 25.8. The van der Waals surface area contributed by atoms with Crippen molar-refractivity contribution in [2.75, 3.05) is 13.6 Å². The van der Waals surface area contributed by atoms with Crippen molar-refractivity contribution in [1.82, 2.24) is 10.2 Å². The first-order chi connectivity index (χ1) is 8.63.